The Labute approximate surface area is 184 Å². The monoisotopic (exact) mass is 440 g/mol. The second-order valence-electron chi connectivity index (χ2n) is 8.29. The summed E-state index contributed by atoms with van der Waals surface area (Å²) < 4.78 is 0. The van der Waals surface area contributed by atoms with Gasteiger partial charge in [0, 0.05) is 35.2 Å². The predicted molar refractivity (Wildman–Crippen MR) is 122 cm³/mol. The van der Waals surface area contributed by atoms with Crippen molar-refractivity contribution in [1.29, 1.82) is 0 Å². The summed E-state index contributed by atoms with van der Waals surface area (Å²) in [6, 6.07) is 9.63. The number of rotatable bonds is 2. The van der Waals surface area contributed by atoms with Crippen LogP contribution in [0.2, 0.25) is 5.02 Å². The predicted octanol–water partition coefficient (Wildman–Crippen LogP) is 5.28. The van der Waals surface area contributed by atoms with Gasteiger partial charge in [0.05, 0.1) is 4.91 Å². The van der Waals surface area contributed by atoms with E-state index in [1.165, 1.54) is 0 Å². The molecule has 0 bridgehead atoms. The fourth-order valence-electron chi connectivity index (χ4n) is 3.94. The third-order valence-corrected chi connectivity index (χ3v) is 6.76. The summed E-state index contributed by atoms with van der Waals surface area (Å²) in [5, 5.41) is 2.46. The fraction of sp³-hybridized carbons (Fsp3) is 0.261. The van der Waals surface area contributed by atoms with Crippen LogP contribution in [0.5, 0.6) is 0 Å². The molecule has 30 heavy (non-hydrogen) atoms. The van der Waals surface area contributed by atoms with E-state index in [0.717, 1.165) is 45.3 Å². The second kappa shape index (κ2) is 7.29. The molecular formula is C23H21ClN2O3S. The van der Waals surface area contributed by atoms with E-state index in [1.54, 1.807) is 24.1 Å². The molecular weight excluding hydrogens is 420 g/mol. The normalized spacial score (nSPS) is 19.3. The lowest BCUT2D eigenvalue weighted by molar-refractivity contribution is -0.119. The van der Waals surface area contributed by atoms with Crippen LogP contribution < -0.4 is 10.2 Å². The molecule has 2 aromatic rings. The van der Waals surface area contributed by atoms with Gasteiger partial charge in [0.25, 0.3) is 11.1 Å². The first kappa shape index (κ1) is 20.7. The van der Waals surface area contributed by atoms with Crippen LogP contribution in [0.3, 0.4) is 0 Å². The van der Waals surface area contributed by atoms with Gasteiger partial charge >= 0.3 is 0 Å². The highest BCUT2D eigenvalue weighted by molar-refractivity contribution is 8.18. The number of thioether (sulfide) groups is 1. The first-order valence-electron chi connectivity index (χ1n) is 9.53. The summed E-state index contributed by atoms with van der Waals surface area (Å²) in [6.45, 7) is 6.20. The number of aryl methyl sites for hydroxylation is 1. The number of nitrogens with one attached hydrogen (secondary N) is 1. The van der Waals surface area contributed by atoms with Gasteiger partial charge in [-0.05, 0) is 65.2 Å². The molecule has 2 aliphatic heterocycles. The van der Waals surface area contributed by atoms with Crippen molar-refractivity contribution in [2.75, 3.05) is 11.9 Å². The van der Waals surface area contributed by atoms with Crippen LogP contribution in [-0.4, -0.2) is 24.1 Å². The molecule has 0 saturated carbocycles. The highest BCUT2D eigenvalue weighted by Crippen LogP contribution is 2.44. The van der Waals surface area contributed by atoms with Crippen LogP contribution in [0.1, 0.15) is 37.0 Å². The molecule has 0 radical (unpaired) electrons. The number of fused-ring (bicyclic) bond motifs is 1. The molecule has 154 valence electrons. The quantitative estimate of drug-likeness (QED) is 0.645. The van der Waals surface area contributed by atoms with E-state index < -0.39 is 5.91 Å². The zero-order valence-corrected chi connectivity index (χ0v) is 18.7. The summed E-state index contributed by atoms with van der Waals surface area (Å²) in [5.74, 6) is -0.311. The summed E-state index contributed by atoms with van der Waals surface area (Å²) in [7, 11) is 1.80. The molecule has 0 aliphatic carbocycles. The summed E-state index contributed by atoms with van der Waals surface area (Å²) in [5.41, 5.74) is 5.34. The minimum Gasteiger partial charge on any atom is -0.315 e. The van der Waals surface area contributed by atoms with Crippen molar-refractivity contribution in [1.82, 2.24) is 5.32 Å². The largest absolute Gasteiger partial charge is 0.315 e. The van der Waals surface area contributed by atoms with Gasteiger partial charge in [-0.25, -0.2) is 0 Å². The number of benzene rings is 2. The Bertz CT molecular complexity index is 1150. The highest BCUT2D eigenvalue weighted by atomic mass is 35.5. The standard InChI is InChI=1S/C23H21ClN2O3S/c1-12-7-16-18(26(4)20(27)11-23(16,2)3)10-14(12)15-8-13(5-6-17(15)24)9-19-21(28)25-22(29)30-19/h5-10H,11H2,1-4H3,(H,25,28,29). The lowest BCUT2D eigenvalue weighted by atomic mass is 9.76. The van der Waals surface area contributed by atoms with Gasteiger partial charge < -0.3 is 4.90 Å². The Kier molecular flexibility index (Phi) is 5.03. The molecule has 0 unspecified atom stereocenters. The maximum atomic E-state index is 12.5. The Morgan fingerprint density at radius 1 is 1.13 bits per heavy atom. The Morgan fingerprint density at radius 3 is 2.53 bits per heavy atom. The Hall–Kier alpha value is -2.57. The van der Waals surface area contributed by atoms with Gasteiger partial charge in [-0.15, -0.1) is 0 Å². The molecule has 5 nitrogen and oxygen atoms in total. The topological polar surface area (TPSA) is 66.5 Å². The molecule has 2 aliphatic rings. The molecule has 0 atom stereocenters. The number of nitrogens with zero attached hydrogens (tertiary/aromatic N) is 1. The molecule has 2 heterocycles. The highest BCUT2D eigenvalue weighted by Gasteiger charge is 2.35. The first-order chi connectivity index (χ1) is 14.1. The maximum absolute atomic E-state index is 12.5. The van der Waals surface area contributed by atoms with Crippen molar-refractivity contribution in [2.45, 2.75) is 32.6 Å². The number of halogens is 1. The lowest BCUT2D eigenvalue weighted by Crippen LogP contribution is -2.39. The van der Waals surface area contributed by atoms with Gasteiger partial charge in [-0.2, -0.15) is 0 Å². The number of hydrogen-bond acceptors (Lipinski definition) is 4. The van der Waals surface area contributed by atoms with E-state index in [4.69, 9.17) is 11.6 Å². The molecule has 3 amide bonds. The van der Waals surface area contributed by atoms with E-state index in [9.17, 15) is 14.4 Å². The van der Waals surface area contributed by atoms with E-state index in [0.29, 0.717) is 16.3 Å². The molecule has 0 spiro atoms. The fourth-order valence-corrected chi connectivity index (χ4v) is 4.85. The van der Waals surface area contributed by atoms with Gasteiger partial charge in [-0.3, -0.25) is 19.7 Å². The van der Waals surface area contributed by atoms with Gasteiger partial charge in [-0.1, -0.05) is 37.6 Å². The van der Waals surface area contributed by atoms with Crippen molar-refractivity contribution in [2.24, 2.45) is 0 Å². The molecule has 0 aromatic heterocycles. The number of carbonyl (C=O) groups is 3. The van der Waals surface area contributed by atoms with Crippen molar-refractivity contribution in [3.63, 3.8) is 0 Å². The van der Waals surface area contributed by atoms with Crippen LogP contribution in [0.25, 0.3) is 17.2 Å². The van der Waals surface area contributed by atoms with Crippen LogP contribution in [0.4, 0.5) is 10.5 Å². The molecule has 4 rings (SSSR count). The second-order valence-corrected chi connectivity index (χ2v) is 9.71. The number of hydrogen-bond donors (Lipinski definition) is 1. The summed E-state index contributed by atoms with van der Waals surface area (Å²) in [4.78, 5) is 37.8. The van der Waals surface area contributed by atoms with Crippen LogP contribution in [-0.2, 0) is 15.0 Å². The smallest absolute Gasteiger partial charge is 0.290 e. The van der Waals surface area contributed by atoms with Gasteiger partial charge in [0.15, 0.2) is 0 Å². The molecule has 1 fully saturated rings. The van der Waals surface area contributed by atoms with Gasteiger partial charge in [0.2, 0.25) is 5.91 Å². The van der Waals surface area contributed by atoms with E-state index in [2.05, 4.69) is 25.2 Å². The lowest BCUT2D eigenvalue weighted by Gasteiger charge is -2.37. The Balaban J connectivity index is 1.84. The number of carbonyl (C=O) groups excluding carboxylic acids is 3. The minimum absolute atomic E-state index is 0.0841. The van der Waals surface area contributed by atoms with Crippen LogP contribution >= 0.6 is 23.4 Å². The zero-order chi connectivity index (χ0) is 21.8. The maximum Gasteiger partial charge on any atom is 0.290 e. The van der Waals surface area contributed by atoms with Crippen molar-refractivity contribution in [3.05, 3.63) is 56.9 Å². The van der Waals surface area contributed by atoms with E-state index in [1.807, 2.05) is 25.1 Å². The Morgan fingerprint density at radius 2 is 1.87 bits per heavy atom. The summed E-state index contributed by atoms with van der Waals surface area (Å²) in [6.07, 6.45) is 2.15. The third kappa shape index (κ3) is 3.55. The minimum atomic E-state index is -0.395. The van der Waals surface area contributed by atoms with Crippen molar-refractivity contribution in [3.8, 4) is 11.1 Å². The van der Waals surface area contributed by atoms with Crippen molar-refractivity contribution >= 4 is 52.2 Å². The van der Waals surface area contributed by atoms with Crippen molar-refractivity contribution < 1.29 is 14.4 Å². The number of imide groups is 1. The van der Waals surface area contributed by atoms with Gasteiger partial charge in [0.1, 0.15) is 0 Å². The first-order valence-corrected chi connectivity index (χ1v) is 10.7. The number of anilines is 1. The SMILES string of the molecule is Cc1cc2c(cc1-c1cc(C=C3SC(=O)NC3=O)ccc1Cl)N(C)C(=O)CC2(C)C. The average Bonchev–Trinajstić information content (AvgIpc) is 2.98. The average molecular weight is 441 g/mol. The molecule has 7 heteroatoms. The molecule has 1 saturated heterocycles. The third-order valence-electron chi connectivity index (χ3n) is 5.62. The number of amides is 3. The summed E-state index contributed by atoms with van der Waals surface area (Å²) >= 11 is 7.42. The van der Waals surface area contributed by atoms with E-state index in [-0.39, 0.29) is 16.6 Å². The molecule has 1 N–H and O–H groups in total. The molecule has 2 aromatic carbocycles. The van der Waals surface area contributed by atoms with Crippen LogP contribution in [0, 0.1) is 6.92 Å². The van der Waals surface area contributed by atoms with E-state index >= 15 is 0 Å². The zero-order valence-electron chi connectivity index (χ0n) is 17.1. The van der Waals surface area contributed by atoms with Crippen LogP contribution in [0.15, 0.2) is 35.2 Å².